The lowest BCUT2D eigenvalue weighted by atomic mass is 9.96. The molecule has 1 saturated heterocycles. The standard InChI is InChI=1S/C26H33N3O3/c1-18-10-12-28(13-11-18)17-26(30)29-24(22-9-8-21(31-3)15-25(22)32-4)16-23(27-29)20-7-5-6-19(2)14-20/h5-9,14-15,18,24H,10-13,16-17H2,1-4H3/t24-/m0/s1. The van der Waals surface area contributed by atoms with Crippen molar-refractivity contribution in [3.8, 4) is 11.5 Å². The Morgan fingerprint density at radius 3 is 2.56 bits per heavy atom. The highest BCUT2D eigenvalue weighted by atomic mass is 16.5. The summed E-state index contributed by atoms with van der Waals surface area (Å²) in [6.45, 7) is 6.68. The van der Waals surface area contributed by atoms with Crippen LogP contribution in [-0.4, -0.2) is 55.4 Å². The van der Waals surface area contributed by atoms with Crippen LogP contribution in [0, 0.1) is 12.8 Å². The summed E-state index contributed by atoms with van der Waals surface area (Å²) in [5, 5.41) is 6.52. The number of hydrogen-bond acceptors (Lipinski definition) is 5. The van der Waals surface area contributed by atoms with Crippen LogP contribution in [0.5, 0.6) is 11.5 Å². The van der Waals surface area contributed by atoms with Gasteiger partial charge >= 0.3 is 0 Å². The molecule has 0 spiro atoms. The third-order valence-corrected chi connectivity index (χ3v) is 6.55. The number of hydrazone groups is 1. The van der Waals surface area contributed by atoms with Crippen molar-refractivity contribution in [2.45, 2.75) is 39.2 Å². The van der Waals surface area contributed by atoms with E-state index in [0.29, 0.717) is 18.7 Å². The molecule has 0 bridgehead atoms. The van der Waals surface area contributed by atoms with Gasteiger partial charge in [-0.05, 0) is 56.5 Å². The van der Waals surface area contributed by atoms with Gasteiger partial charge < -0.3 is 9.47 Å². The summed E-state index contributed by atoms with van der Waals surface area (Å²) in [5.41, 5.74) is 4.11. The molecule has 0 radical (unpaired) electrons. The van der Waals surface area contributed by atoms with Crippen molar-refractivity contribution in [1.82, 2.24) is 9.91 Å². The molecule has 4 rings (SSSR count). The molecular formula is C26H33N3O3. The Kier molecular flexibility index (Phi) is 6.80. The van der Waals surface area contributed by atoms with Gasteiger partial charge in [-0.1, -0.05) is 36.8 Å². The maximum absolute atomic E-state index is 13.5. The lowest BCUT2D eigenvalue weighted by Gasteiger charge is -2.31. The third kappa shape index (κ3) is 4.80. The fourth-order valence-electron chi connectivity index (χ4n) is 4.56. The van der Waals surface area contributed by atoms with E-state index in [9.17, 15) is 4.79 Å². The third-order valence-electron chi connectivity index (χ3n) is 6.55. The molecule has 2 aromatic rings. The summed E-state index contributed by atoms with van der Waals surface area (Å²) in [6.07, 6.45) is 2.93. The number of aryl methyl sites for hydroxylation is 1. The molecule has 1 atom stereocenters. The van der Waals surface area contributed by atoms with Gasteiger partial charge in [0.05, 0.1) is 32.5 Å². The van der Waals surface area contributed by atoms with E-state index < -0.39 is 0 Å². The number of ether oxygens (including phenoxy) is 2. The van der Waals surface area contributed by atoms with Crippen molar-refractivity contribution in [3.63, 3.8) is 0 Å². The van der Waals surface area contributed by atoms with Gasteiger partial charge in [0.25, 0.3) is 5.91 Å². The number of amides is 1. The van der Waals surface area contributed by atoms with Crippen LogP contribution in [0.3, 0.4) is 0 Å². The summed E-state index contributed by atoms with van der Waals surface area (Å²) in [7, 11) is 3.29. The molecule has 1 amide bonds. The molecule has 2 aliphatic heterocycles. The first kappa shape index (κ1) is 22.3. The van der Waals surface area contributed by atoms with Crippen molar-refractivity contribution >= 4 is 11.6 Å². The summed E-state index contributed by atoms with van der Waals surface area (Å²) < 4.78 is 11.0. The molecule has 1 fully saturated rings. The first-order valence-corrected chi connectivity index (χ1v) is 11.4. The molecule has 170 valence electrons. The minimum absolute atomic E-state index is 0.0325. The van der Waals surface area contributed by atoms with E-state index in [1.807, 2.05) is 24.3 Å². The second kappa shape index (κ2) is 9.74. The van der Waals surface area contributed by atoms with Gasteiger partial charge in [0, 0.05) is 18.1 Å². The Bertz CT molecular complexity index is 996. The fourth-order valence-corrected chi connectivity index (χ4v) is 4.56. The SMILES string of the molecule is COc1ccc([C@@H]2CC(c3cccc(C)c3)=NN2C(=O)CN2CCC(C)CC2)c(OC)c1. The Hall–Kier alpha value is -2.86. The van der Waals surface area contributed by atoms with Crippen LogP contribution >= 0.6 is 0 Å². The highest BCUT2D eigenvalue weighted by molar-refractivity contribution is 6.03. The van der Waals surface area contributed by atoms with Crippen LogP contribution in [0.4, 0.5) is 0 Å². The van der Waals surface area contributed by atoms with Crippen molar-refractivity contribution in [2.24, 2.45) is 11.0 Å². The molecule has 0 aromatic heterocycles. The van der Waals surface area contributed by atoms with E-state index in [2.05, 4.69) is 36.9 Å². The number of nitrogens with zero attached hydrogens (tertiary/aromatic N) is 3. The smallest absolute Gasteiger partial charge is 0.257 e. The quantitative estimate of drug-likeness (QED) is 0.674. The summed E-state index contributed by atoms with van der Waals surface area (Å²) in [5.74, 6) is 2.20. The van der Waals surface area contributed by atoms with E-state index in [-0.39, 0.29) is 11.9 Å². The lowest BCUT2D eigenvalue weighted by Crippen LogP contribution is -2.41. The Morgan fingerprint density at radius 2 is 1.88 bits per heavy atom. The molecule has 32 heavy (non-hydrogen) atoms. The first-order valence-electron chi connectivity index (χ1n) is 11.4. The highest BCUT2D eigenvalue weighted by Crippen LogP contribution is 2.39. The fraction of sp³-hybridized carbons (Fsp3) is 0.462. The van der Waals surface area contributed by atoms with Gasteiger partial charge in [0.2, 0.25) is 0 Å². The minimum atomic E-state index is -0.206. The lowest BCUT2D eigenvalue weighted by molar-refractivity contribution is -0.134. The zero-order chi connectivity index (χ0) is 22.7. The molecule has 0 saturated carbocycles. The molecular weight excluding hydrogens is 402 g/mol. The van der Waals surface area contributed by atoms with Crippen molar-refractivity contribution in [3.05, 3.63) is 59.2 Å². The van der Waals surface area contributed by atoms with Gasteiger partial charge in [-0.25, -0.2) is 5.01 Å². The largest absolute Gasteiger partial charge is 0.497 e. The van der Waals surface area contributed by atoms with E-state index >= 15 is 0 Å². The molecule has 0 unspecified atom stereocenters. The van der Waals surface area contributed by atoms with Crippen LogP contribution in [0.1, 0.15) is 48.9 Å². The van der Waals surface area contributed by atoms with E-state index in [1.165, 1.54) is 5.56 Å². The van der Waals surface area contributed by atoms with Gasteiger partial charge in [0.1, 0.15) is 11.5 Å². The molecule has 6 nitrogen and oxygen atoms in total. The molecule has 2 aliphatic rings. The number of hydrogen-bond donors (Lipinski definition) is 0. The maximum atomic E-state index is 13.5. The molecule has 6 heteroatoms. The monoisotopic (exact) mass is 435 g/mol. The molecule has 0 aliphatic carbocycles. The van der Waals surface area contributed by atoms with Crippen LogP contribution in [0.15, 0.2) is 47.6 Å². The van der Waals surface area contributed by atoms with Crippen LogP contribution in [-0.2, 0) is 4.79 Å². The van der Waals surface area contributed by atoms with Crippen molar-refractivity contribution in [1.29, 1.82) is 0 Å². The molecule has 2 heterocycles. The first-order chi connectivity index (χ1) is 15.5. The van der Waals surface area contributed by atoms with Crippen LogP contribution in [0.25, 0.3) is 0 Å². The molecule has 2 aromatic carbocycles. The Labute approximate surface area is 190 Å². The normalized spacial score (nSPS) is 19.7. The Balaban J connectivity index is 1.64. The second-order valence-corrected chi connectivity index (χ2v) is 8.94. The second-order valence-electron chi connectivity index (χ2n) is 8.94. The average molecular weight is 436 g/mol. The average Bonchev–Trinajstić information content (AvgIpc) is 3.25. The van der Waals surface area contributed by atoms with Crippen molar-refractivity contribution in [2.75, 3.05) is 33.9 Å². The van der Waals surface area contributed by atoms with Crippen LogP contribution < -0.4 is 9.47 Å². The summed E-state index contributed by atoms with van der Waals surface area (Å²) in [4.78, 5) is 15.7. The van der Waals surface area contributed by atoms with Gasteiger partial charge in [-0.3, -0.25) is 9.69 Å². The van der Waals surface area contributed by atoms with Gasteiger partial charge in [-0.15, -0.1) is 0 Å². The van der Waals surface area contributed by atoms with Gasteiger partial charge in [0.15, 0.2) is 0 Å². The maximum Gasteiger partial charge on any atom is 0.257 e. The van der Waals surface area contributed by atoms with Gasteiger partial charge in [-0.2, -0.15) is 5.10 Å². The number of benzene rings is 2. The van der Waals surface area contributed by atoms with E-state index in [1.54, 1.807) is 19.2 Å². The minimum Gasteiger partial charge on any atom is -0.497 e. The number of carbonyl (C=O) groups is 1. The number of likely N-dealkylation sites (tertiary alicyclic amines) is 1. The zero-order valence-corrected chi connectivity index (χ0v) is 19.5. The van der Waals surface area contributed by atoms with E-state index in [0.717, 1.165) is 54.4 Å². The predicted molar refractivity (Wildman–Crippen MR) is 126 cm³/mol. The van der Waals surface area contributed by atoms with E-state index in [4.69, 9.17) is 14.6 Å². The number of methoxy groups -OCH3 is 2. The topological polar surface area (TPSA) is 54.4 Å². The summed E-state index contributed by atoms with van der Waals surface area (Å²) >= 11 is 0. The highest BCUT2D eigenvalue weighted by Gasteiger charge is 2.35. The summed E-state index contributed by atoms with van der Waals surface area (Å²) in [6, 6.07) is 13.9. The molecule has 0 N–H and O–H groups in total. The van der Waals surface area contributed by atoms with Crippen molar-refractivity contribution < 1.29 is 14.3 Å². The number of rotatable bonds is 6. The Morgan fingerprint density at radius 1 is 1.09 bits per heavy atom. The number of piperidine rings is 1. The zero-order valence-electron chi connectivity index (χ0n) is 19.5. The number of carbonyl (C=O) groups excluding carboxylic acids is 1. The predicted octanol–water partition coefficient (Wildman–Crippen LogP) is 4.42. The van der Waals surface area contributed by atoms with Crippen LogP contribution in [0.2, 0.25) is 0 Å².